The molecule has 0 amide bonds. The van der Waals surface area contributed by atoms with E-state index in [4.69, 9.17) is 9.15 Å². The van der Waals surface area contributed by atoms with E-state index < -0.39 is 12.6 Å². The van der Waals surface area contributed by atoms with Gasteiger partial charge < -0.3 is 23.9 Å². The highest BCUT2D eigenvalue weighted by atomic mass is 19.3. The van der Waals surface area contributed by atoms with Gasteiger partial charge in [-0.1, -0.05) is 12.1 Å². The van der Waals surface area contributed by atoms with Crippen molar-refractivity contribution in [1.82, 2.24) is 4.98 Å². The van der Waals surface area contributed by atoms with Gasteiger partial charge in [0.25, 0.3) is 0 Å². The molecule has 1 aromatic heterocycles. The molecule has 156 valence electrons. The molecule has 4 rings (SSSR count). The van der Waals surface area contributed by atoms with Gasteiger partial charge in [-0.25, -0.2) is 9.78 Å². The first-order valence-electron chi connectivity index (χ1n) is 9.24. The van der Waals surface area contributed by atoms with E-state index in [1.54, 1.807) is 35.2 Å². The Morgan fingerprint density at radius 2 is 2.03 bits per heavy atom. The van der Waals surface area contributed by atoms with Crippen molar-refractivity contribution < 1.29 is 32.6 Å². The minimum atomic E-state index is -2.99. The second kappa shape index (κ2) is 8.40. The Kier molecular flexibility index (Phi) is 5.51. The van der Waals surface area contributed by atoms with E-state index in [2.05, 4.69) is 9.72 Å². The molecule has 1 fully saturated rings. The van der Waals surface area contributed by atoms with Crippen LogP contribution in [0.3, 0.4) is 0 Å². The second-order valence-electron chi connectivity index (χ2n) is 6.70. The maximum atomic E-state index is 12.8. The summed E-state index contributed by atoms with van der Waals surface area (Å²) in [5.74, 6) is -0.509. The molecule has 30 heavy (non-hydrogen) atoms. The molecule has 0 aliphatic heterocycles. The van der Waals surface area contributed by atoms with Crippen LogP contribution in [-0.2, 0) is 6.54 Å². The van der Waals surface area contributed by atoms with E-state index in [0.717, 1.165) is 12.8 Å². The zero-order chi connectivity index (χ0) is 21.1. The second-order valence-corrected chi connectivity index (χ2v) is 6.70. The quantitative estimate of drug-likeness (QED) is 0.533. The molecule has 0 unspecified atom stereocenters. The largest absolute Gasteiger partial charge is 0.486 e. The number of hydrogen-bond donors (Lipinski definition) is 1. The third kappa shape index (κ3) is 4.51. The Hall–Kier alpha value is -3.62. The van der Waals surface area contributed by atoms with Crippen LogP contribution in [0.2, 0.25) is 0 Å². The highest BCUT2D eigenvalue weighted by Crippen LogP contribution is 2.40. The third-order valence-corrected chi connectivity index (χ3v) is 4.50. The smallest absolute Gasteiger partial charge is 0.387 e. The molecule has 1 aliphatic carbocycles. The minimum Gasteiger partial charge on any atom is -0.486 e. The summed E-state index contributed by atoms with van der Waals surface area (Å²) in [6.45, 7) is -2.82. The van der Waals surface area contributed by atoms with Crippen molar-refractivity contribution in [2.45, 2.75) is 32.1 Å². The first kappa shape index (κ1) is 19.7. The third-order valence-electron chi connectivity index (χ3n) is 4.50. The molecule has 2 aromatic carbocycles. The van der Waals surface area contributed by atoms with E-state index >= 15 is 0 Å². The number of benzene rings is 2. The van der Waals surface area contributed by atoms with Gasteiger partial charge in [-0.05, 0) is 37.1 Å². The van der Waals surface area contributed by atoms with Gasteiger partial charge in [0.15, 0.2) is 17.9 Å². The van der Waals surface area contributed by atoms with Crippen LogP contribution in [0.5, 0.6) is 11.5 Å². The number of carboxylic acid groups (broad SMARTS) is 1. The summed E-state index contributed by atoms with van der Waals surface area (Å²) in [5.41, 5.74) is 1.01. The van der Waals surface area contributed by atoms with Gasteiger partial charge in [-0.15, -0.1) is 0 Å². The van der Waals surface area contributed by atoms with Gasteiger partial charge in [0, 0.05) is 11.8 Å². The van der Waals surface area contributed by atoms with Crippen LogP contribution in [-0.4, -0.2) is 28.8 Å². The molecule has 1 aliphatic rings. The summed E-state index contributed by atoms with van der Waals surface area (Å²) in [6, 6.07) is 11.0. The maximum Gasteiger partial charge on any atom is 0.387 e. The zero-order valence-corrected chi connectivity index (χ0v) is 15.7. The number of carboxylic acids is 1. The molecule has 0 atom stereocenters. The Morgan fingerprint density at radius 1 is 1.23 bits per heavy atom. The monoisotopic (exact) mass is 416 g/mol. The number of nitrogens with zero attached hydrogens (tertiary/aromatic N) is 2. The number of aromatic carboxylic acids is 1. The lowest BCUT2D eigenvalue weighted by Crippen LogP contribution is -2.19. The van der Waals surface area contributed by atoms with Crippen molar-refractivity contribution >= 4 is 17.3 Å². The van der Waals surface area contributed by atoms with Crippen molar-refractivity contribution in [2.24, 2.45) is 0 Å². The van der Waals surface area contributed by atoms with Gasteiger partial charge in [-0.2, -0.15) is 8.78 Å². The summed E-state index contributed by atoms with van der Waals surface area (Å²) in [6.07, 6.45) is 4.42. The molecule has 7 nitrogen and oxygen atoms in total. The van der Waals surface area contributed by atoms with E-state index in [1.807, 2.05) is 0 Å². The van der Waals surface area contributed by atoms with E-state index in [9.17, 15) is 18.7 Å². The number of hydrogen-bond acceptors (Lipinski definition) is 6. The van der Waals surface area contributed by atoms with Crippen LogP contribution in [0.25, 0.3) is 0 Å². The number of carbonyl (C=O) groups is 1. The van der Waals surface area contributed by atoms with E-state index in [1.165, 1.54) is 24.7 Å². The standard InChI is InChI=1S/C21H18F2N2O5/c22-21(23)30-18-8-5-13(9-19(18)29-14-6-7-14)25(11-15-10-24-12-28-15)17-4-2-1-3-16(17)20(26)27/h1-5,8-10,12,14,21H,6-7,11H2,(H,26,27). The summed E-state index contributed by atoms with van der Waals surface area (Å²) in [4.78, 5) is 17.4. The number of rotatable bonds is 9. The average Bonchev–Trinajstić information content (AvgIpc) is 3.38. The molecule has 1 heterocycles. The topological polar surface area (TPSA) is 85.0 Å². The highest BCUT2D eigenvalue weighted by Gasteiger charge is 2.27. The number of para-hydroxylation sites is 1. The van der Waals surface area contributed by atoms with Crippen LogP contribution in [0, 0.1) is 0 Å². The predicted octanol–water partition coefficient (Wildman–Crippen LogP) is 4.85. The highest BCUT2D eigenvalue weighted by molar-refractivity contribution is 5.95. The fraction of sp³-hybridized carbons (Fsp3) is 0.238. The van der Waals surface area contributed by atoms with Crippen LogP contribution < -0.4 is 14.4 Å². The van der Waals surface area contributed by atoms with Crippen LogP contribution in [0.4, 0.5) is 20.2 Å². The summed E-state index contributed by atoms with van der Waals surface area (Å²) < 4.78 is 41.3. The number of halogens is 2. The van der Waals surface area contributed by atoms with E-state index in [0.29, 0.717) is 17.1 Å². The maximum absolute atomic E-state index is 12.8. The zero-order valence-electron chi connectivity index (χ0n) is 15.7. The Balaban J connectivity index is 1.77. The molecule has 1 saturated carbocycles. The SMILES string of the molecule is O=C(O)c1ccccc1N(Cc1cnco1)c1ccc(OC(F)F)c(OC2CC2)c1. The molecular weight excluding hydrogens is 398 g/mol. The number of aromatic nitrogens is 1. The van der Waals surface area contributed by atoms with Crippen molar-refractivity contribution in [3.8, 4) is 11.5 Å². The van der Waals surface area contributed by atoms with E-state index in [-0.39, 0.29) is 29.7 Å². The lowest BCUT2D eigenvalue weighted by molar-refractivity contribution is -0.0516. The van der Waals surface area contributed by atoms with Crippen molar-refractivity contribution in [2.75, 3.05) is 4.90 Å². The molecule has 1 N–H and O–H groups in total. The number of oxazole rings is 1. The molecule has 0 saturated heterocycles. The first-order chi connectivity index (χ1) is 14.5. The summed E-state index contributed by atoms with van der Waals surface area (Å²) in [7, 11) is 0. The van der Waals surface area contributed by atoms with Gasteiger partial charge >= 0.3 is 12.6 Å². The Labute approximate surface area is 170 Å². The normalized spacial score (nSPS) is 13.3. The number of alkyl halides is 2. The Bertz CT molecular complexity index is 1020. The minimum absolute atomic E-state index is 0.0469. The molecule has 0 radical (unpaired) electrons. The van der Waals surface area contributed by atoms with Crippen molar-refractivity contribution in [3.63, 3.8) is 0 Å². The molecule has 0 spiro atoms. The molecule has 0 bridgehead atoms. The lowest BCUT2D eigenvalue weighted by atomic mass is 10.1. The average molecular weight is 416 g/mol. The van der Waals surface area contributed by atoms with Crippen LogP contribution >= 0.6 is 0 Å². The van der Waals surface area contributed by atoms with Gasteiger partial charge in [-0.3, -0.25) is 0 Å². The van der Waals surface area contributed by atoms with Gasteiger partial charge in [0.05, 0.1) is 30.1 Å². The van der Waals surface area contributed by atoms with Crippen LogP contribution in [0.1, 0.15) is 29.0 Å². The molecule has 9 heteroatoms. The number of anilines is 2. The fourth-order valence-electron chi connectivity index (χ4n) is 3.00. The summed E-state index contributed by atoms with van der Waals surface area (Å²) in [5, 5.41) is 9.62. The first-order valence-corrected chi connectivity index (χ1v) is 9.24. The predicted molar refractivity (Wildman–Crippen MR) is 102 cm³/mol. The molecular formula is C21H18F2N2O5. The van der Waals surface area contributed by atoms with Crippen molar-refractivity contribution in [3.05, 3.63) is 66.4 Å². The van der Waals surface area contributed by atoms with Crippen molar-refractivity contribution in [1.29, 1.82) is 0 Å². The number of ether oxygens (including phenoxy) is 2. The fourth-order valence-corrected chi connectivity index (χ4v) is 3.00. The lowest BCUT2D eigenvalue weighted by Gasteiger charge is -2.26. The summed E-state index contributed by atoms with van der Waals surface area (Å²) >= 11 is 0. The van der Waals surface area contributed by atoms with Crippen LogP contribution in [0.15, 0.2) is 59.5 Å². The molecule has 3 aromatic rings. The van der Waals surface area contributed by atoms with Gasteiger partial charge in [0.2, 0.25) is 0 Å². The Morgan fingerprint density at radius 3 is 2.70 bits per heavy atom. The van der Waals surface area contributed by atoms with Gasteiger partial charge in [0.1, 0.15) is 5.76 Å².